The first-order chi connectivity index (χ1) is 23.6. The van der Waals surface area contributed by atoms with E-state index < -0.39 is 6.43 Å². The Bertz CT molecular complexity index is 2250. The molecule has 4 heterocycles. The smallest absolute Gasteiger partial charge is 0.503 e. The number of ether oxygens (including phenoxy) is 2. The zero-order chi connectivity index (χ0) is 32.5. The predicted molar refractivity (Wildman–Crippen MR) is 176 cm³/mol. The van der Waals surface area contributed by atoms with Crippen LogP contribution in [0.1, 0.15) is 12.0 Å². The number of fused-ring (bicyclic) bond motifs is 3. The predicted octanol–water partition coefficient (Wildman–Crippen LogP) is 9.42. The number of halogens is 2. The van der Waals surface area contributed by atoms with Gasteiger partial charge in [-0.3, -0.25) is 0 Å². The van der Waals surface area contributed by atoms with Gasteiger partial charge in [-0.25, -0.2) is 18.7 Å². The Hall–Kier alpha value is -5.10. The number of hydrogen-bond donors (Lipinski definition) is 0. The largest absolute Gasteiger partial charge is 2.00 e. The van der Waals surface area contributed by atoms with Crippen molar-refractivity contribution < 1.29 is 60.4 Å². The summed E-state index contributed by atoms with van der Waals surface area (Å²) in [4.78, 5) is 17.4. The number of nitrogens with zero attached hydrogens (tertiary/aromatic N) is 5. The molecule has 0 bridgehead atoms. The van der Waals surface area contributed by atoms with Crippen LogP contribution in [0.2, 0.25) is 0 Å². The Morgan fingerprint density at radius 3 is 1.44 bits per heavy atom. The van der Waals surface area contributed by atoms with Gasteiger partial charge in [0.15, 0.2) is 0 Å². The fourth-order valence-corrected chi connectivity index (χ4v) is 5.30. The van der Waals surface area contributed by atoms with Gasteiger partial charge in [-0.1, -0.05) is 47.4 Å². The van der Waals surface area contributed by atoms with Crippen molar-refractivity contribution in [3.05, 3.63) is 152 Å². The molecule has 0 radical (unpaired) electrons. The Morgan fingerprint density at radius 2 is 1.00 bits per heavy atom. The van der Waals surface area contributed by atoms with E-state index in [1.54, 1.807) is 41.2 Å². The molecule has 8 rings (SSSR count). The maximum Gasteiger partial charge on any atom is 2.00 e. The quantitative estimate of drug-likeness (QED) is 0.141. The standard InChI is InChI=1S/C39H21F2N5O2.2Pt/c40-38(41)27-23-44-39(45-24-27)46-36-21-30(47-28-9-5-7-25(19-28)34-11-1-3-17-42-34)13-15-32(36)33-16-14-31(22-37(33)46)48-29-10-6-8-26(20-29)35-12-2-4-18-43-35;;/h1-18,23-24,38H;;/q-4;2*+2. The van der Waals surface area contributed by atoms with Gasteiger partial charge in [-0.05, 0) is 23.5 Å². The molecule has 8 aromatic rings. The zero-order valence-electron chi connectivity index (χ0n) is 25.6. The van der Waals surface area contributed by atoms with Gasteiger partial charge in [0.2, 0.25) is 5.95 Å². The molecule has 0 aliphatic rings. The number of alkyl halides is 2. The number of rotatable bonds is 8. The molecule has 0 aliphatic carbocycles. The van der Waals surface area contributed by atoms with Crippen LogP contribution in [0.15, 0.2) is 122 Å². The minimum absolute atomic E-state index is 0. The van der Waals surface area contributed by atoms with Crippen molar-refractivity contribution in [2.75, 3.05) is 0 Å². The molecular formula is C39H21F2N5O2Pt2. The minimum Gasteiger partial charge on any atom is -0.503 e. The second-order valence-electron chi connectivity index (χ2n) is 10.6. The summed E-state index contributed by atoms with van der Waals surface area (Å²) < 4.78 is 40.9. The van der Waals surface area contributed by atoms with Crippen LogP contribution in [0, 0.1) is 24.3 Å². The van der Waals surface area contributed by atoms with E-state index in [0.717, 1.165) is 45.7 Å². The van der Waals surface area contributed by atoms with E-state index >= 15 is 0 Å². The summed E-state index contributed by atoms with van der Waals surface area (Å²) >= 11 is 0. The van der Waals surface area contributed by atoms with E-state index in [9.17, 15) is 8.78 Å². The van der Waals surface area contributed by atoms with Crippen LogP contribution in [-0.2, 0) is 42.1 Å². The molecule has 0 atom stereocenters. The molecular weight excluding hydrogens is 999 g/mol. The van der Waals surface area contributed by atoms with Gasteiger partial charge in [0.25, 0.3) is 6.43 Å². The molecule has 4 aromatic heterocycles. The molecule has 0 fully saturated rings. The summed E-state index contributed by atoms with van der Waals surface area (Å²) in [7, 11) is 0. The third-order valence-corrected chi connectivity index (χ3v) is 7.50. The van der Waals surface area contributed by atoms with Crippen molar-refractivity contribution in [1.29, 1.82) is 0 Å². The van der Waals surface area contributed by atoms with Gasteiger partial charge in [0.1, 0.15) is 0 Å². The third kappa shape index (κ3) is 7.11. The Morgan fingerprint density at radius 1 is 0.520 bits per heavy atom. The molecule has 0 saturated heterocycles. The first-order valence-corrected chi connectivity index (χ1v) is 14.9. The van der Waals surface area contributed by atoms with E-state index in [-0.39, 0.29) is 53.6 Å². The number of aromatic nitrogens is 5. The Labute approximate surface area is 314 Å². The number of hydrogen-bond acceptors (Lipinski definition) is 6. The van der Waals surface area contributed by atoms with Crippen LogP contribution in [0.25, 0.3) is 50.3 Å². The average molecular weight is 1020 g/mol. The summed E-state index contributed by atoms with van der Waals surface area (Å²) in [5, 5.41) is 1.60. The van der Waals surface area contributed by atoms with Crippen LogP contribution >= 0.6 is 0 Å². The van der Waals surface area contributed by atoms with Gasteiger partial charge in [-0.2, -0.15) is 22.9 Å². The molecule has 0 aliphatic heterocycles. The SMILES string of the molecule is FC(F)c1cnc(-n2c3[c-]c(Oc4[c-]c(-c5ccccn5)ccc4)ccc3c3ccc(Oc4[c-]c(-c5ccccn5)ccc4)[c-]c32)nc1.[Pt+2].[Pt+2]. The number of pyridine rings is 2. The summed E-state index contributed by atoms with van der Waals surface area (Å²) in [5.74, 6) is 1.92. The summed E-state index contributed by atoms with van der Waals surface area (Å²) in [5.41, 5.74) is 3.92. The van der Waals surface area contributed by atoms with E-state index in [1.165, 1.54) is 0 Å². The van der Waals surface area contributed by atoms with Crippen LogP contribution in [-0.4, -0.2) is 24.5 Å². The molecule has 248 valence electrons. The molecule has 7 nitrogen and oxygen atoms in total. The maximum atomic E-state index is 13.4. The molecule has 11 heteroatoms. The molecule has 0 unspecified atom stereocenters. The van der Waals surface area contributed by atoms with Crippen LogP contribution in [0.4, 0.5) is 8.78 Å². The van der Waals surface area contributed by atoms with Crippen molar-refractivity contribution >= 4 is 21.8 Å². The Kier molecular flexibility index (Phi) is 10.6. The molecule has 0 saturated carbocycles. The Balaban J connectivity index is 0.00000216. The van der Waals surface area contributed by atoms with E-state index in [1.807, 2.05) is 72.8 Å². The fraction of sp³-hybridized carbons (Fsp3) is 0.0256. The normalized spacial score (nSPS) is 10.9. The van der Waals surface area contributed by atoms with Gasteiger partial charge in [0.05, 0.1) is 5.56 Å². The van der Waals surface area contributed by atoms with E-state index in [2.05, 4.69) is 44.2 Å². The van der Waals surface area contributed by atoms with Crippen molar-refractivity contribution in [2.24, 2.45) is 0 Å². The minimum atomic E-state index is -2.70. The summed E-state index contributed by atoms with van der Waals surface area (Å²) in [6.45, 7) is 0. The second kappa shape index (κ2) is 15.2. The maximum absolute atomic E-state index is 13.4. The first-order valence-electron chi connectivity index (χ1n) is 14.9. The molecule has 0 spiro atoms. The van der Waals surface area contributed by atoms with Crippen LogP contribution in [0.3, 0.4) is 0 Å². The molecule has 50 heavy (non-hydrogen) atoms. The average Bonchev–Trinajstić information content (AvgIpc) is 3.45. The van der Waals surface area contributed by atoms with Gasteiger partial charge < -0.3 is 24.0 Å². The third-order valence-electron chi connectivity index (χ3n) is 7.50. The van der Waals surface area contributed by atoms with Gasteiger partial charge >= 0.3 is 42.1 Å². The first kappa shape index (κ1) is 34.7. The van der Waals surface area contributed by atoms with Crippen LogP contribution < -0.4 is 9.47 Å². The van der Waals surface area contributed by atoms with Crippen molar-refractivity contribution in [3.63, 3.8) is 0 Å². The second-order valence-corrected chi connectivity index (χ2v) is 10.6. The van der Waals surface area contributed by atoms with E-state index in [4.69, 9.17) is 9.47 Å². The van der Waals surface area contributed by atoms with Gasteiger partial charge in [-0.15, -0.1) is 71.8 Å². The molecule has 0 N–H and O–H groups in total. The zero-order valence-corrected chi connectivity index (χ0v) is 30.1. The van der Waals surface area contributed by atoms with Gasteiger partial charge in [0, 0.05) is 47.8 Å². The van der Waals surface area contributed by atoms with E-state index in [0.29, 0.717) is 34.0 Å². The number of benzene rings is 4. The van der Waals surface area contributed by atoms with Crippen molar-refractivity contribution in [3.8, 4) is 51.5 Å². The van der Waals surface area contributed by atoms with Crippen molar-refractivity contribution in [1.82, 2.24) is 24.5 Å². The molecule has 4 aromatic carbocycles. The summed E-state index contributed by atoms with van der Waals surface area (Å²) in [6, 6.07) is 43.0. The summed E-state index contributed by atoms with van der Waals surface area (Å²) in [6.07, 6.45) is 2.96. The topological polar surface area (TPSA) is 75.0 Å². The van der Waals surface area contributed by atoms with Crippen molar-refractivity contribution in [2.45, 2.75) is 6.43 Å². The van der Waals surface area contributed by atoms with Crippen LogP contribution in [0.5, 0.6) is 23.0 Å². The molecule has 0 amide bonds. The fourth-order valence-electron chi connectivity index (χ4n) is 5.30. The monoisotopic (exact) mass is 1020 g/mol.